The number of benzene rings is 1. The Hall–Kier alpha value is -2.29. The number of tetrazole rings is 1. The van der Waals surface area contributed by atoms with Gasteiger partial charge in [0.25, 0.3) is 0 Å². The molecule has 0 bridgehead atoms. The molecule has 0 saturated heterocycles. The monoisotopic (exact) mass is 389 g/mol. The lowest BCUT2D eigenvalue weighted by molar-refractivity contribution is -0.120. The van der Waals surface area contributed by atoms with Gasteiger partial charge in [-0.2, -0.15) is 0 Å². The molecule has 1 unspecified atom stereocenters. The van der Waals surface area contributed by atoms with Crippen molar-refractivity contribution in [1.82, 2.24) is 25.5 Å². The highest BCUT2D eigenvalue weighted by Crippen LogP contribution is 2.33. The molecule has 1 aromatic heterocycles. The number of thioether (sulfide) groups is 1. The van der Waals surface area contributed by atoms with Crippen LogP contribution >= 0.6 is 11.8 Å². The number of fused-ring (bicyclic) bond motifs is 1. The Labute approximate surface area is 162 Å². The van der Waals surface area contributed by atoms with Gasteiger partial charge in [-0.25, -0.2) is 4.68 Å². The van der Waals surface area contributed by atoms with Gasteiger partial charge in [0.2, 0.25) is 17.9 Å². The van der Waals surface area contributed by atoms with Crippen LogP contribution in [0.3, 0.4) is 0 Å². The molecule has 2 heterocycles. The third-order valence-electron chi connectivity index (χ3n) is 4.94. The molecule has 2 aromatic rings. The lowest BCUT2D eigenvalue weighted by atomic mass is 9.96. The molecule has 144 valence electrons. The molecule has 2 aliphatic rings. The predicted octanol–water partition coefficient (Wildman–Crippen LogP) is 2.70. The highest BCUT2D eigenvalue weighted by molar-refractivity contribution is 8.00. The largest absolute Gasteiger partial charge is 0.454 e. The summed E-state index contributed by atoms with van der Waals surface area (Å²) in [6.45, 7) is 2.56. The van der Waals surface area contributed by atoms with E-state index >= 15 is 0 Å². The molecule has 0 radical (unpaired) electrons. The Balaban J connectivity index is 1.32. The van der Waals surface area contributed by atoms with Gasteiger partial charge in [0.05, 0.1) is 11.3 Å². The van der Waals surface area contributed by atoms with Crippen LogP contribution in [0.2, 0.25) is 0 Å². The Morgan fingerprint density at radius 2 is 2.11 bits per heavy atom. The van der Waals surface area contributed by atoms with Gasteiger partial charge in [0.15, 0.2) is 11.5 Å². The van der Waals surface area contributed by atoms with Crippen molar-refractivity contribution >= 4 is 17.7 Å². The average molecular weight is 389 g/mol. The molecule has 1 aromatic carbocycles. The fraction of sp³-hybridized carbons (Fsp3) is 0.556. The summed E-state index contributed by atoms with van der Waals surface area (Å²) in [5.41, 5.74) is 0.969. The number of carbonyl (C=O) groups excluding carboxylic acids is 1. The van der Waals surface area contributed by atoms with Crippen LogP contribution in [0.15, 0.2) is 23.4 Å². The Bertz CT molecular complexity index is 806. The molecule has 1 saturated carbocycles. The lowest BCUT2D eigenvalue weighted by Crippen LogP contribution is -2.30. The summed E-state index contributed by atoms with van der Waals surface area (Å²) in [7, 11) is 0. The Kier molecular flexibility index (Phi) is 5.47. The topological polar surface area (TPSA) is 91.2 Å². The van der Waals surface area contributed by atoms with E-state index in [-0.39, 0.29) is 18.0 Å². The number of rotatable bonds is 6. The molecule has 1 amide bonds. The zero-order chi connectivity index (χ0) is 18.6. The minimum absolute atomic E-state index is 0.0455. The van der Waals surface area contributed by atoms with E-state index in [4.69, 9.17) is 9.47 Å². The number of amides is 1. The third-order valence-corrected chi connectivity index (χ3v) is 5.99. The van der Waals surface area contributed by atoms with Crippen LogP contribution in [0.25, 0.3) is 0 Å². The van der Waals surface area contributed by atoms with Crippen molar-refractivity contribution in [3.05, 3.63) is 23.8 Å². The lowest BCUT2D eigenvalue weighted by Gasteiger charge is -2.22. The smallest absolute Gasteiger partial charge is 0.233 e. The Morgan fingerprint density at radius 1 is 1.30 bits per heavy atom. The molecule has 4 rings (SSSR count). The van der Waals surface area contributed by atoms with Gasteiger partial charge in [0, 0.05) is 6.54 Å². The summed E-state index contributed by atoms with van der Waals surface area (Å²) >= 11 is 1.40. The number of nitrogens with zero attached hydrogens (tertiary/aromatic N) is 4. The fourth-order valence-corrected chi connectivity index (χ4v) is 4.30. The van der Waals surface area contributed by atoms with Crippen LogP contribution in [0, 0.1) is 0 Å². The average Bonchev–Trinajstić information content (AvgIpc) is 3.35. The molecule has 9 heteroatoms. The van der Waals surface area contributed by atoms with E-state index in [1.165, 1.54) is 31.0 Å². The van der Waals surface area contributed by atoms with Crippen molar-refractivity contribution < 1.29 is 14.3 Å². The molecule has 0 spiro atoms. The van der Waals surface area contributed by atoms with Crippen molar-refractivity contribution in [2.45, 2.75) is 62.0 Å². The highest BCUT2D eigenvalue weighted by atomic mass is 32.2. The summed E-state index contributed by atoms with van der Waals surface area (Å²) in [6.07, 6.45) is 5.90. The maximum Gasteiger partial charge on any atom is 0.233 e. The third kappa shape index (κ3) is 4.18. The fourth-order valence-electron chi connectivity index (χ4n) is 3.41. The standard InChI is InChI=1S/C18H23N5O3S/c1-12(27-18-20-21-22-23(18)14-5-3-2-4-6-14)17(24)19-10-13-7-8-15-16(9-13)26-11-25-15/h7-9,12,14H,2-6,10-11H2,1H3,(H,19,24). The SMILES string of the molecule is CC(Sc1nnnn1C1CCCCC1)C(=O)NCc1ccc2c(c1)OCO2. The van der Waals surface area contributed by atoms with Crippen LogP contribution in [0.1, 0.15) is 50.6 Å². The maximum atomic E-state index is 12.5. The molecule has 1 fully saturated rings. The second-order valence-corrected chi connectivity index (χ2v) is 8.17. The van der Waals surface area contributed by atoms with E-state index in [0.29, 0.717) is 17.7 Å². The first-order valence-corrected chi connectivity index (χ1v) is 10.2. The minimum atomic E-state index is -0.285. The minimum Gasteiger partial charge on any atom is -0.454 e. The molecule has 1 atom stereocenters. The zero-order valence-corrected chi connectivity index (χ0v) is 16.1. The number of ether oxygens (including phenoxy) is 2. The van der Waals surface area contributed by atoms with Gasteiger partial charge in [-0.3, -0.25) is 4.79 Å². The van der Waals surface area contributed by atoms with E-state index in [9.17, 15) is 4.79 Å². The maximum absolute atomic E-state index is 12.5. The summed E-state index contributed by atoms with van der Waals surface area (Å²) in [4.78, 5) is 12.5. The summed E-state index contributed by atoms with van der Waals surface area (Å²) in [6, 6.07) is 6.03. The van der Waals surface area contributed by atoms with Gasteiger partial charge >= 0.3 is 0 Å². The number of aromatic nitrogens is 4. The molecule has 27 heavy (non-hydrogen) atoms. The van der Waals surface area contributed by atoms with Crippen LogP contribution in [0.4, 0.5) is 0 Å². The van der Waals surface area contributed by atoms with Gasteiger partial charge in [0.1, 0.15) is 0 Å². The highest BCUT2D eigenvalue weighted by Gasteiger charge is 2.24. The van der Waals surface area contributed by atoms with E-state index in [1.54, 1.807) is 0 Å². The van der Waals surface area contributed by atoms with Crippen molar-refractivity contribution in [2.24, 2.45) is 0 Å². The number of carbonyl (C=O) groups is 1. The van der Waals surface area contributed by atoms with E-state index in [0.717, 1.165) is 29.9 Å². The second-order valence-electron chi connectivity index (χ2n) is 6.86. The van der Waals surface area contributed by atoms with Gasteiger partial charge in [-0.05, 0) is 47.9 Å². The van der Waals surface area contributed by atoms with Crippen LogP contribution in [0.5, 0.6) is 11.5 Å². The van der Waals surface area contributed by atoms with Gasteiger partial charge in [-0.1, -0.05) is 37.1 Å². The van der Waals surface area contributed by atoms with Crippen LogP contribution in [-0.4, -0.2) is 38.2 Å². The molecule has 1 aliphatic heterocycles. The molecular weight excluding hydrogens is 366 g/mol. The molecule has 8 nitrogen and oxygen atoms in total. The number of nitrogens with one attached hydrogen (secondary N) is 1. The molecular formula is C18H23N5O3S. The van der Waals surface area contributed by atoms with Crippen molar-refractivity contribution in [1.29, 1.82) is 0 Å². The van der Waals surface area contributed by atoms with Gasteiger partial charge in [-0.15, -0.1) is 5.10 Å². The summed E-state index contributed by atoms with van der Waals surface area (Å²) in [5.74, 6) is 1.41. The van der Waals surface area contributed by atoms with Crippen molar-refractivity contribution in [2.75, 3.05) is 6.79 Å². The number of hydrogen-bond acceptors (Lipinski definition) is 7. The van der Waals surface area contributed by atoms with E-state index in [1.807, 2.05) is 29.8 Å². The quantitative estimate of drug-likeness (QED) is 0.760. The normalized spacial score (nSPS) is 17.7. The van der Waals surface area contributed by atoms with E-state index in [2.05, 4.69) is 20.8 Å². The first-order chi connectivity index (χ1) is 13.2. The Morgan fingerprint density at radius 3 is 2.96 bits per heavy atom. The summed E-state index contributed by atoms with van der Waals surface area (Å²) in [5, 5.41) is 15.5. The van der Waals surface area contributed by atoms with Crippen molar-refractivity contribution in [3.63, 3.8) is 0 Å². The van der Waals surface area contributed by atoms with Gasteiger partial charge < -0.3 is 14.8 Å². The van der Waals surface area contributed by atoms with Crippen molar-refractivity contribution in [3.8, 4) is 11.5 Å². The molecule has 1 N–H and O–H groups in total. The zero-order valence-electron chi connectivity index (χ0n) is 15.3. The molecule has 1 aliphatic carbocycles. The van der Waals surface area contributed by atoms with E-state index < -0.39 is 0 Å². The van der Waals surface area contributed by atoms with Crippen LogP contribution < -0.4 is 14.8 Å². The predicted molar refractivity (Wildman–Crippen MR) is 99.7 cm³/mol. The van der Waals surface area contributed by atoms with Crippen LogP contribution in [-0.2, 0) is 11.3 Å². The number of hydrogen-bond donors (Lipinski definition) is 1. The summed E-state index contributed by atoms with van der Waals surface area (Å²) < 4.78 is 12.6. The first kappa shape index (κ1) is 18.1. The first-order valence-electron chi connectivity index (χ1n) is 9.31. The second kappa shape index (κ2) is 8.16.